The molecule has 0 bridgehead atoms. The van der Waals surface area contributed by atoms with E-state index in [1.807, 2.05) is 12.1 Å². The maximum absolute atomic E-state index is 12.2. The highest BCUT2D eigenvalue weighted by molar-refractivity contribution is 5.93. The Hall–Kier alpha value is -2.43. The van der Waals surface area contributed by atoms with Gasteiger partial charge in [-0.15, -0.1) is 0 Å². The number of aromatic nitrogens is 2. The lowest BCUT2D eigenvalue weighted by molar-refractivity contribution is 0.0937. The molecule has 0 atom stereocenters. The molecule has 0 unspecified atom stereocenters. The highest BCUT2D eigenvalue weighted by Gasteiger charge is 2.18. The van der Waals surface area contributed by atoms with Crippen LogP contribution in [0.1, 0.15) is 62.4 Å². The number of carbonyl (C=O) groups excluding carboxylic acids is 1. The molecule has 1 aromatic carbocycles. The molecule has 1 aliphatic carbocycles. The zero-order valence-electron chi connectivity index (χ0n) is 15.2. The van der Waals surface area contributed by atoms with Crippen molar-refractivity contribution in [3.63, 3.8) is 0 Å². The van der Waals surface area contributed by atoms with Crippen LogP contribution in [0.15, 0.2) is 36.7 Å². The summed E-state index contributed by atoms with van der Waals surface area (Å²) in [6, 6.07) is 8.54. The van der Waals surface area contributed by atoms with Crippen LogP contribution >= 0.6 is 0 Å². The Labute approximate surface area is 149 Å². The first-order valence-electron chi connectivity index (χ1n) is 8.92. The van der Waals surface area contributed by atoms with Crippen molar-refractivity contribution in [1.29, 1.82) is 0 Å². The number of benzene rings is 1. The third-order valence-electron chi connectivity index (χ3n) is 4.61. The first-order chi connectivity index (χ1) is 11.9. The molecule has 1 fully saturated rings. The molecule has 1 aliphatic rings. The molecule has 1 heterocycles. The third-order valence-corrected chi connectivity index (χ3v) is 4.61. The Morgan fingerprint density at radius 3 is 2.20 bits per heavy atom. The summed E-state index contributed by atoms with van der Waals surface area (Å²) in [5, 5.41) is 6.21. The van der Waals surface area contributed by atoms with Gasteiger partial charge in [0, 0.05) is 24.1 Å². The van der Waals surface area contributed by atoms with Gasteiger partial charge in [0.1, 0.15) is 0 Å². The van der Waals surface area contributed by atoms with Gasteiger partial charge in [-0.1, -0.05) is 45.7 Å². The molecular formula is C20H26N4O. The van der Waals surface area contributed by atoms with Gasteiger partial charge in [-0.05, 0) is 36.0 Å². The van der Waals surface area contributed by atoms with E-state index in [0.29, 0.717) is 17.6 Å². The van der Waals surface area contributed by atoms with Gasteiger partial charge in [0.25, 0.3) is 5.91 Å². The van der Waals surface area contributed by atoms with Crippen LogP contribution in [-0.4, -0.2) is 21.9 Å². The van der Waals surface area contributed by atoms with Gasteiger partial charge in [-0.25, -0.2) is 9.97 Å². The van der Waals surface area contributed by atoms with E-state index >= 15 is 0 Å². The minimum absolute atomic E-state index is 0.0898. The Bertz CT molecular complexity index is 711. The lowest BCUT2D eigenvalue weighted by Crippen LogP contribution is -2.32. The normalized spacial score (nSPS) is 15.2. The summed E-state index contributed by atoms with van der Waals surface area (Å²) in [4.78, 5) is 20.7. The van der Waals surface area contributed by atoms with Crippen LogP contribution < -0.4 is 10.6 Å². The fourth-order valence-corrected chi connectivity index (χ4v) is 3.03. The minimum atomic E-state index is -0.0898. The first-order valence-corrected chi connectivity index (χ1v) is 8.92. The van der Waals surface area contributed by atoms with E-state index in [4.69, 9.17) is 0 Å². The van der Waals surface area contributed by atoms with Crippen molar-refractivity contribution in [3.05, 3.63) is 47.8 Å². The molecule has 1 aromatic heterocycles. The van der Waals surface area contributed by atoms with Crippen molar-refractivity contribution in [1.82, 2.24) is 15.3 Å². The summed E-state index contributed by atoms with van der Waals surface area (Å²) in [7, 11) is 0. The van der Waals surface area contributed by atoms with Gasteiger partial charge in [-0.2, -0.15) is 0 Å². The molecule has 25 heavy (non-hydrogen) atoms. The largest absolute Gasteiger partial charge is 0.349 e. The lowest BCUT2D eigenvalue weighted by atomic mass is 9.87. The van der Waals surface area contributed by atoms with Gasteiger partial charge in [0.2, 0.25) is 5.95 Å². The van der Waals surface area contributed by atoms with Crippen LogP contribution in [0.25, 0.3) is 0 Å². The predicted octanol–water partition coefficient (Wildman–Crippen LogP) is 4.19. The smallest absolute Gasteiger partial charge is 0.254 e. The Morgan fingerprint density at radius 2 is 1.64 bits per heavy atom. The lowest BCUT2D eigenvalue weighted by Gasteiger charge is -2.19. The summed E-state index contributed by atoms with van der Waals surface area (Å²) >= 11 is 0. The van der Waals surface area contributed by atoms with Crippen LogP contribution in [0.5, 0.6) is 0 Å². The molecule has 2 aromatic rings. The van der Waals surface area contributed by atoms with E-state index in [9.17, 15) is 4.79 Å². The van der Waals surface area contributed by atoms with Crippen LogP contribution in [-0.2, 0) is 5.41 Å². The topological polar surface area (TPSA) is 66.9 Å². The second-order valence-electron chi connectivity index (χ2n) is 7.70. The van der Waals surface area contributed by atoms with Crippen LogP contribution in [0, 0.1) is 0 Å². The zero-order valence-corrected chi connectivity index (χ0v) is 15.2. The molecule has 0 aliphatic heterocycles. The number of anilines is 2. The predicted molar refractivity (Wildman–Crippen MR) is 100 cm³/mol. The second-order valence-corrected chi connectivity index (χ2v) is 7.70. The van der Waals surface area contributed by atoms with Crippen molar-refractivity contribution >= 4 is 17.5 Å². The van der Waals surface area contributed by atoms with Crippen LogP contribution in [0.4, 0.5) is 11.6 Å². The summed E-state index contributed by atoms with van der Waals surface area (Å²) in [6.07, 6.45) is 7.66. The Kier molecular flexibility index (Phi) is 5.02. The SMILES string of the molecule is CC(C)(C)c1ccc(Nc2ncc(C(=O)NC3CCCC3)cn2)cc1. The Balaban J connectivity index is 1.61. The molecule has 1 saturated carbocycles. The number of nitrogens with one attached hydrogen (secondary N) is 2. The number of hydrogen-bond acceptors (Lipinski definition) is 4. The van der Waals surface area contributed by atoms with Crippen molar-refractivity contribution < 1.29 is 4.79 Å². The fraction of sp³-hybridized carbons (Fsp3) is 0.450. The van der Waals surface area contributed by atoms with E-state index in [1.165, 1.54) is 18.4 Å². The van der Waals surface area contributed by atoms with Crippen LogP contribution in [0.3, 0.4) is 0 Å². The van der Waals surface area contributed by atoms with Gasteiger partial charge in [0.15, 0.2) is 0 Å². The van der Waals surface area contributed by atoms with Gasteiger partial charge in [0.05, 0.1) is 5.56 Å². The summed E-state index contributed by atoms with van der Waals surface area (Å²) in [6.45, 7) is 6.57. The molecule has 0 spiro atoms. The summed E-state index contributed by atoms with van der Waals surface area (Å²) < 4.78 is 0. The van der Waals surface area contributed by atoms with E-state index < -0.39 is 0 Å². The number of nitrogens with zero attached hydrogens (tertiary/aromatic N) is 2. The monoisotopic (exact) mass is 338 g/mol. The van der Waals surface area contributed by atoms with E-state index in [1.54, 1.807) is 12.4 Å². The van der Waals surface area contributed by atoms with E-state index in [-0.39, 0.29) is 11.3 Å². The highest BCUT2D eigenvalue weighted by atomic mass is 16.1. The van der Waals surface area contributed by atoms with E-state index in [2.05, 4.69) is 53.5 Å². The fourth-order valence-electron chi connectivity index (χ4n) is 3.03. The quantitative estimate of drug-likeness (QED) is 0.877. The average Bonchev–Trinajstić information content (AvgIpc) is 3.08. The first kappa shape index (κ1) is 17.4. The molecule has 5 heteroatoms. The highest BCUT2D eigenvalue weighted by Crippen LogP contribution is 2.24. The van der Waals surface area contributed by atoms with Gasteiger partial charge in [-0.3, -0.25) is 4.79 Å². The maximum Gasteiger partial charge on any atom is 0.254 e. The maximum atomic E-state index is 12.2. The second kappa shape index (κ2) is 7.21. The molecule has 3 rings (SSSR count). The van der Waals surface area contributed by atoms with Crippen molar-refractivity contribution in [2.24, 2.45) is 0 Å². The number of carbonyl (C=O) groups is 1. The van der Waals surface area contributed by atoms with E-state index in [0.717, 1.165) is 18.5 Å². The van der Waals surface area contributed by atoms with Crippen molar-refractivity contribution in [2.45, 2.75) is 57.9 Å². The number of amides is 1. The molecule has 0 radical (unpaired) electrons. The van der Waals surface area contributed by atoms with Crippen molar-refractivity contribution in [2.75, 3.05) is 5.32 Å². The molecule has 1 amide bonds. The minimum Gasteiger partial charge on any atom is -0.349 e. The van der Waals surface area contributed by atoms with Gasteiger partial charge < -0.3 is 10.6 Å². The van der Waals surface area contributed by atoms with Gasteiger partial charge >= 0.3 is 0 Å². The molecule has 0 saturated heterocycles. The van der Waals surface area contributed by atoms with Crippen LogP contribution in [0.2, 0.25) is 0 Å². The molecular weight excluding hydrogens is 312 g/mol. The third kappa shape index (κ3) is 4.56. The zero-order chi connectivity index (χ0) is 17.9. The average molecular weight is 338 g/mol. The summed E-state index contributed by atoms with van der Waals surface area (Å²) in [5.74, 6) is 0.397. The molecule has 132 valence electrons. The molecule has 2 N–H and O–H groups in total. The molecule has 5 nitrogen and oxygen atoms in total. The Morgan fingerprint density at radius 1 is 1.04 bits per heavy atom. The van der Waals surface area contributed by atoms with Crippen molar-refractivity contribution in [3.8, 4) is 0 Å². The number of rotatable bonds is 4. The summed E-state index contributed by atoms with van der Waals surface area (Å²) in [5.41, 5.74) is 2.83. The standard InChI is InChI=1S/C20H26N4O/c1-20(2,3)15-8-10-17(11-9-15)24-19-21-12-14(13-22-19)18(25)23-16-6-4-5-7-16/h8-13,16H,4-7H2,1-3H3,(H,23,25)(H,21,22,24). The number of hydrogen-bond donors (Lipinski definition) is 2.